The van der Waals surface area contributed by atoms with E-state index in [0.717, 1.165) is 11.8 Å². The lowest BCUT2D eigenvalue weighted by Crippen LogP contribution is -2.28. The van der Waals surface area contributed by atoms with E-state index in [4.69, 9.17) is 0 Å². The highest BCUT2D eigenvalue weighted by Crippen LogP contribution is 2.23. The number of carbonyl (C=O) groups excluding carboxylic acids is 2. The van der Waals surface area contributed by atoms with Crippen LogP contribution >= 0.6 is 11.8 Å². The van der Waals surface area contributed by atoms with Gasteiger partial charge in [-0.3, -0.25) is 9.59 Å². The van der Waals surface area contributed by atoms with Crippen LogP contribution in [0, 0.1) is 11.6 Å². The third-order valence-corrected chi connectivity index (χ3v) is 4.92. The highest BCUT2D eigenvalue weighted by Gasteiger charge is 2.32. The van der Waals surface area contributed by atoms with E-state index in [1.807, 2.05) is 0 Å². The van der Waals surface area contributed by atoms with Crippen molar-refractivity contribution in [2.24, 2.45) is 10.2 Å². The van der Waals surface area contributed by atoms with Crippen molar-refractivity contribution in [2.75, 3.05) is 5.32 Å². The summed E-state index contributed by atoms with van der Waals surface area (Å²) < 4.78 is 26.5. The fourth-order valence-corrected chi connectivity index (χ4v) is 3.31. The highest BCUT2D eigenvalue weighted by molar-refractivity contribution is 8.15. The van der Waals surface area contributed by atoms with Crippen LogP contribution in [-0.4, -0.2) is 27.9 Å². The molecule has 2 amide bonds. The largest absolute Gasteiger partial charge is 0.324 e. The maximum atomic E-state index is 13.6. The lowest BCUT2D eigenvalue weighted by atomic mass is 10.1. The maximum Gasteiger partial charge on any atom is 0.240 e. The first kappa shape index (κ1) is 19.7. The van der Waals surface area contributed by atoms with Gasteiger partial charge in [0.15, 0.2) is 5.17 Å². The third-order valence-electron chi connectivity index (χ3n) is 3.85. The maximum absolute atomic E-state index is 13.6. The Morgan fingerprint density at radius 2 is 1.89 bits per heavy atom. The van der Waals surface area contributed by atoms with Gasteiger partial charge in [-0.25, -0.2) is 8.78 Å². The molecule has 0 saturated carbocycles. The molecule has 1 fully saturated rings. The van der Waals surface area contributed by atoms with E-state index in [2.05, 4.69) is 20.8 Å². The Morgan fingerprint density at radius 1 is 1.18 bits per heavy atom. The van der Waals surface area contributed by atoms with Gasteiger partial charge in [-0.05, 0) is 36.8 Å². The summed E-state index contributed by atoms with van der Waals surface area (Å²) in [5.74, 6) is -1.75. The van der Waals surface area contributed by atoms with E-state index >= 15 is 0 Å². The van der Waals surface area contributed by atoms with Gasteiger partial charge in [0.2, 0.25) is 11.8 Å². The molecule has 28 heavy (non-hydrogen) atoms. The number of para-hydroxylation sites is 1. The van der Waals surface area contributed by atoms with Gasteiger partial charge in [-0.15, -0.1) is 5.10 Å². The second-order valence-electron chi connectivity index (χ2n) is 5.93. The molecule has 144 valence electrons. The summed E-state index contributed by atoms with van der Waals surface area (Å²) in [5, 5.41) is 12.6. The van der Waals surface area contributed by atoms with E-state index in [-0.39, 0.29) is 29.0 Å². The molecule has 1 atom stereocenters. The molecular weight excluding hydrogens is 386 g/mol. The zero-order valence-corrected chi connectivity index (χ0v) is 15.6. The molecule has 2 N–H and O–H groups in total. The fourth-order valence-electron chi connectivity index (χ4n) is 2.39. The molecule has 0 bridgehead atoms. The summed E-state index contributed by atoms with van der Waals surface area (Å²) in [6, 6.07) is 11.6. The minimum absolute atomic E-state index is 0.0596. The Morgan fingerprint density at radius 3 is 2.61 bits per heavy atom. The number of nitrogens with one attached hydrogen (secondary N) is 2. The molecule has 0 spiro atoms. The Hall–Kier alpha value is -3.07. The van der Waals surface area contributed by atoms with E-state index < -0.39 is 17.0 Å². The first-order valence-corrected chi connectivity index (χ1v) is 9.20. The molecule has 2 aromatic carbocycles. The fraction of sp³-hybridized carbons (Fsp3) is 0.158. The predicted octanol–water partition coefficient (Wildman–Crippen LogP) is 3.31. The van der Waals surface area contributed by atoms with Gasteiger partial charge in [0, 0.05) is 6.42 Å². The Labute approximate surface area is 164 Å². The first-order chi connectivity index (χ1) is 13.4. The summed E-state index contributed by atoms with van der Waals surface area (Å²) in [6.45, 7) is 1.71. The van der Waals surface area contributed by atoms with Crippen molar-refractivity contribution >= 4 is 40.1 Å². The molecule has 1 unspecified atom stereocenters. The molecule has 1 aliphatic heterocycles. The Bertz CT molecular complexity index is 961. The van der Waals surface area contributed by atoms with Crippen molar-refractivity contribution < 1.29 is 18.4 Å². The normalized spacial score (nSPS) is 18.2. The molecule has 0 radical (unpaired) electrons. The van der Waals surface area contributed by atoms with Gasteiger partial charge in [0.25, 0.3) is 0 Å². The molecule has 6 nitrogen and oxygen atoms in total. The molecule has 1 heterocycles. The van der Waals surface area contributed by atoms with Crippen LogP contribution in [0.1, 0.15) is 18.9 Å². The number of amides is 2. The van der Waals surface area contributed by atoms with Crippen molar-refractivity contribution in [3.8, 4) is 0 Å². The summed E-state index contributed by atoms with van der Waals surface area (Å²) in [6.07, 6.45) is -0.134. The number of rotatable bonds is 5. The number of benzene rings is 2. The number of nitrogens with zero attached hydrogens (tertiary/aromatic N) is 2. The van der Waals surface area contributed by atoms with Gasteiger partial charge in [-0.1, -0.05) is 36.0 Å². The molecule has 1 saturated heterocycles. The molecule has 9 heteroatoms. The standard InChI is InChI=1S/C19H16F2N4O2S/c1-11(12-6-8-13(20)9-7-12)24-25-19-23-18(27)16(28-19)10-17(26)22-15-5-3-2-4-14(15)21/h2-9,16H,10H2,1H3,(H,22,26)(H,23,25,27). The zero-order chi connectivity index (χ0) is 20.1. The van der Waals surface area contributed by atoms with Gasteiger partial charge >= 0.3 is 0 Å². The summed E-state index contributed by atoms with van der Waals surface area (Å²) in [4.78, 5) is 24.1. The van der Waals surface area contributed by atoms with Gasteiger partial charge in [0.05, 0.1) is 11.4 Å². The molecule has 0 aromatic heterocycles. The molecule has 2 aromatic rings. The van der Waals surface area contributed by atoms with Crippen LogP contribution in [0.5, 0.6) is 0 Å². The second-order valence-corrected chi connectivity index (χ2v) is 7.12. The van der Waals surface area contributed by atoms with Crippen molar-refractivity contribution in [2.45, 2.75) is 18.6 Å². The summed E-state index contributed by atoms with van der Waals surface area (Å²) in [5.41, 5.74) is 1.30. The topological polar surface area (TPSA) is 82.9 Å². The lowest BCUT2D eigenvalue weighted by molar-refractivity contribution is -0.122. The van der Waals surface area contributed by atoms with Gasteiger partial charge in [0.1, 0.15) is 16.9 Å². The quantitative estimate of drug-likeness (QED) is 0.595. The average Bonchev–Trinajstić information content (AvgIpc) is 3.01. The van der Waals surface area contributed by atoms with Crippen molar-refractivity contribution in [1.82, 2.24) is 5.32 Å². The number of anilines is 1. The van der Waals surface area contributed by atoms with E-state index in [1.165, 1.54) is 30.3 Å². The van der Waals surface area contributed by atoms with Crippen LogP contribution in [0.15, 0.2) is 58.7 Å². The molecular formula is C19H16F2N4O2S. The minimum Gasteiger partial charge on any atom is -0.324 e. The SMILES string of the molecule is CC(=NN=C1NC(=O)C(CC(=O)Nc2ccccc2F)S1)c1ccc(F)cc1. The number of hydrogen-bond acceptors (Lipinski definition) is 5. The van der Waals surface area contributed by atoms with Crippen molar-refractivity contribution in [3.05, 3.63) is 65.7 Å². The van der Waals surface area contributed by atoms with Crippen LogP contribution in [0.3, 0.4) is 0 Å². The first-order valence-electron chi connectivity index (χ1n) is 8.32. The van der Waals surface area contributed by atoms with Crippen LogP contribution in [0.4, 0.5) is 14.5 Å². The van der Waals surface area contributed by atoms with Crippen molar-refractivity contribution in [3.63, 3.8) is 0 Å². The Balaban J connectivity index is 1.60. The van der Waals surface area contributed by atoms with Crippen molar-refractivity contribution in [1.29, 1.82) is 0 Å². The Kier molecular flexibility index (Phi) is 6.15. The van der Waals surface area contributed by atoms with Crippen LogP contribution in [0.25, 0.3) is 0 Å². The van der Waals surface area contributed by atoms with Crippen LogP contribution < -0.4 is 10.6 Å². The predicted molar refractivity (Wildman–Crippen MR) is 105 cm³/mol. The average molecular weight is 402 g/mol. The monoisotopic (exact) mass is 402 g/mol. The van der Waals surface area contributed by atoms with Crippen LogP contribution in [-0.2, 0) is 9.59 Å². The lowest BCUT2D eigenvalue weighted by Gasteiger charge is -2.07. The smallest absolute Gasteiger partial charge is 0.240 e. The second kappa shape index (κ2) is 8.75. The number of thioether (sulfide) groups is 1. The van der Waals surface area contributed by atoms with Gasteiger partial charge < -0.3 is 10.6 Å². The van der Waals surface area contributed by atoms with E-state index in [9.17, 15) is 18.4 Å². The number of hydrogen-bond donors (Lipinski definition) is 2. The molecule has 3 rings (SSSR count). The van der Waals surface area contributed by atoms with E-state index in [0.29, 0.717) is 11.3 Å². The number of amidine groups is 1. The zero-order valence-electron chi connectivity index (χ0n) is 14.8. The third kappa shape index (κ3) is 5.01. The summed E-state index contributed by atoms with van der Waals surface area (Å²) >= 11 is 1.07. The van der Waals surface area contributed by atoms with Crippen LogP contribution in [0.2, 0.25) is 0 Å². The molecule has 0 aliphatic carbocycles. The van der Waals surface area contributed by atoms with E-state index in [1.54, 1.807) is 25.1 Å². The van der Waals surface area contributed by atoms with Gasteiger partial charge in [-0.2, -0.15) is 5.10 Å². The highest BCUT2D eigenvalue weighted by atomic mass is 32.2. The number of carbonyl (C=O) groups is 2. The number of halogens is 2. The molecule has 1 aliphatic rings. The minimum atomic E-state index is -0.688. The summed E-state index contributed by atoms with van der Waals surface area (Å²) in [7, 11) is 0.